The van der Waals surface area contributed by atoms with Crippen molar-refractivity contribution in [1.29, 1.82) is 0 Å². The lowest BCUT2D eigenvalue weighted by molar-refractivity contribution is -0.118. The number of amides is 1. The normalized spacial score (nSPS) is 13.3. The second-order valence-corrected chi connectivity index (χ2v) is 7.09. The molecular weight excluding hydrogens is 312 g/mol. The number of anilines is 1. The van der Waals surface area contributed by atoms with E-state index in [1.807, 2.05) is 0 Å². The zero-order valence-electron chi connectivity index (χ0n) is 10.9. The van der Waals surface area contributed by atoms with Gasteiger partial charge in [-0.25, -0.2) is 17.2 Å². The van der Waals surface area contributed by atoms with Crippen molar-refractivity contribution in [1.82, 2.24) is 0 Å². The van der Waals surface area contributed by atoms with Crippen molar-refractivity contribution in [3.8, 4) is 0 Å². The zero-order chi connectivity index (χ0) is 15.5. The number of carbonyl (C=O) groups excluding carboxylic acids is 1. The van der Waals surface area contributed by atoms with Gasteiger partial charge in [0.2, 0.25) is 5.91 Å². The van der Waals surface area contributed by atoms with E-state index in [2.05, 4.69) is 0 Å². The van der Waals surface area contributed by atoms with Crippen LogP contribution in [0.2, 0.25) is 5.02 Å². The van der Waals surface area contributed by atoms with Crippen LogP contribution in [0.15, 0.2) is 24.3 Å². The molecule has 0 heterocycles. The standard InChI is InChI=1S/C12H14ClF2NO3S/c1-8(20(2,18)19)12(17)16(7-11(14)15)10-5-3-4-9(13)6-10/h3-6,8,11H,7H2,1-2H3/t8-/m0/s1. The van der Waals surface area contributed by atoms with Crippen LogP contribution >= 0.6 is 11.6 Å². The Bertz CT molecular complexity index is 592. The first kappa shape index (κ1) is 16.8. The molecule has 0 fully saturated rings. The zero-order valence-corrected chi connectivity index (χ0v) is 12.5. The van der Waals surface area contributed by atoms with Crippen LogP contribution in [0, 0.1) is 0 Å². The molecule has 20 heavy (non-hydrogen) atoms. The number of alkyl halides is 2. The first-order valence-electron chi connectivity index (χ1n) is 5.67. The molecule has 0 saturated heterocycles. The number of hydrogen-bond acceptors (Lipinski definition) is 3. The van der Waals surface area contributed by atoms with Gasteiger partial charge in [0, 0.05) is 17.0 Å². The Morgan fingerprint density at radius 2 is 2.00 bits per heavy atom. The van der Waals surface area contributed by atoms with Crippen LogP contribution in [0.4, 0.5) is 14.5 Å². The fraction of sp³-hybridized carbons (Fsp3) is 0.417. The molecule has 0 bridgehead atoms. The molecule has 0 N–H and O–H groups in total. The molecule has 0 aromatic heterocycles. The molecule has 0 radical (unpaired) electrons. The average Bonchev–Trinajstić information content (AvgIpc) is 2.32. The fourth-order valence-corrected chi connectivity index (χ4v) is 2.19. The minimum absolute atomic E-state index is 0.137. The molecular formula is C12H14ClF2NO3S. The summed E-state index contributed by atoms with van der Waals surface area (Å²) in [6.45, 7) is 0.277. The van der Waals surface area contributed by atoms with Crippen molar-refractivity contribution in [3.05, 3.63) is 29.3 Å². The molecule has 1 aromatic rings. The lowest BCUT2D eigenvalue weighted by Gasteiger charge is -2.25. The molecule has 0 saturated carbocycles. The van der Waals surface area contributed by atoms with E-state index in [1.54, 1.807) is 0 Å². The minimum atomic E-state index is -3.67. The Kier molecular flexibility index (Phi) is 5.47. The van der Waals surface area contributed by atoms with Gasteiger partial charge in [-0.05, 0) is 25.1 Å². The Hall–Kier alpha value is -1.21. The summed E-state index contributed by atoms with van der Waals surface area (Å²) < 4.78 is 48.0. The topological polar surface area (TPSA) is 54.5 Å². The molecule has 112 valence electrons. The molecule has 1 aromatic carbocycles. The number of hydrogen-bond donors (Lipinski definition) is 0. The maximum Gasteiger partial charge on any atom is 0.256 e. The molecule has 1 amide bonds. The highest BCUT2D eigenvalue weighted by Crippen LogP contribution is 2.22. The number of benzene rings is 1. The van der Waals surface area contributed by atoms with Gasteiger partial charge in [-0.1, -0.05) is 17.7 Å². The molecule has 8 heteroatoms. The van der Waals surface area contributed by atoms with E-state index in [4.69, 9.17) is 11.6 Å². The summed E-state index contributed by atoms with van der Waals surface area (Å²) in [5, 5.41) is -1.14. The van der Waals surface area contributed by atoms with Crippen LogP contribution in [0.1, 0.15) is 6.92 Å². The van der Waals surface area contributed by atoms with E-state index in [0.29, 0.717) is 0 Å². The van der Waals surface area contributed by atoms with Gasteiger partial charge in [0.05, 0.1) is 6.54 Å². The Morgan fingerprint density at radius 3 is 2.45 bits per heavy atom. The smallest absolute Gasteiger partial charge is 0.256 e. The molecule has 0 unspecified atom stereocenters. The van der Waals surface area contributed by atoms with E-state index in [1.165, 1.54) is 31.2 Å². The van der Waals surface area contributed by atoms with Gasteiger partial charge in [0.25, 0.3) is 6.43 Å². The maximum absolute atomic E-state index is 12.6. The summed E-state index contributed by atoms with van der Waals surface area (Å²) in [4.78, 5) is 12.8. The van der Waals surface area contributed by atoms with E-state index in [-0.39, 0.29) is 10.7 Å². The molecule has 1 rings (SSSR count). The average molecular weight is 326 g/mol. The summed E-state index contributed by atoms with van der Waals surface area (Å²) in [5.74, 6) is -0.907. The predicted molar refractivity (Wildman–Crippen MR) is 74.1 cm³/mol. The second kappa shape index (κ2) is 6.49. The third-order valence-corrected chi connectivity index (χ3v) is 4.42. The van der Waals surface area contributed by atoms with Crippen molar-refractivity contribution in [2.45, 2.75) is 18.6 Å². The van der Waals surface area contributed by atoms with Gasteiger partial charge in [0.1, 0.15) is 5.25 Å². The number of halogens is 3. The van der Waals surface area contributed by atoms with Crippen LogP contribution in [-0.2, 0) is 14.6 Å². The van der Waals surface area contributed by atoms with Gasteiger partial charge in [-0.15, -0.1) is 0 Å². The Morgan fingerprint density at radius 1 is 1.40 bits per heavy atom. The SMILES string of the molecule is C[C@@H](C(=O)N(CC(F)F)c1cccc(Cl)c1)S(C)(=O)=O. The van der Waals surface area contributed by atoms with Gasteiger partial charge < -0.3 is 4.90 Å². The fourth-order valence-electron chi connectivity index (χ4n) is 1.51. The van der Waals surface area contributed by atoms with Crippen LogP contribution < -0.4 is 4.90 Å². The number of rotatable bonds is 5. The predicted octanol–water partition coefficient (Wildman–Crippen LogP) is 2.37. The number of carbonyl (C=O) groups is 1. The van der Waals surface area contributed by atoms with Crippen LogP contribution in [0.5, 0.6) is 0 Å². The largest absolute Gasteiger partial charge is 0.306 e. The molecule has 0 aliphatic carbocycles. The highest BCUT2D eigenvalue weighted by Gasteiger charge is 2.30. The monoisotopic (exact) mass is 325 g/mol. The summed E-state index contributed by atoms with van der Waals surface area (Å²) in [6, 6.07) is 5.77. The highest BCUT2D eigenvalue weighted by atomic mass is 35.5. The summed E-state index contributed by atoms with van der Waals surface area (Å²) in [7, 11) is -3.67. The van der Waals surface area contributed by atoms with Gasteiger partial charge in [-0.3, -0.25) is 4.79 Å². The van der Waals surface area contributed by atoms with Crippen LogP contribution in [-0.4, -0.2) is 38.8 Å². The van der Waals surface area contributed by atoms with E-state index >= 15 is 0 Å². The third kappa shape index (κ3) is 4.42. The maximum atomic E-state index is 12.6. The second-order valence-electron chi connectivity index (χ2n) is 4.29. The van der Waals surface area contributed by atoms with Crippen molar-refractivity contribution >= 4 is 33.0 Å². The van der Waals surface area contributed by atoms with Gasteiger partial charge >= 0.3 is 0 Å². The quantitative estimate of drug-likeness (QED) is 0.835. The molecule has 0 aliphatic rings. The van der Waals surface area contributed by atoms with Crippen molar-refractivity contribution in [3.63, 3.8) is 0 Å². The van der Waals surface area contributed by atoms with Crippen molar-refractivity contribution in [2.75, 3.05) is 17.7 Å². The number of nitrogens with zero attached hydrogens (tertiary/aromatic N) is 1. The minimum Gasteiger partial charge on any atom is -0.306 e. The highest BCUT2D eigenvalue weighted by molar-refractivity contribution is 7.92. The van der Waals surface area contributed by atoms with E-state index < -0.39 is 34.0 Å². The number of sulfone groups is 1. The molecule has 0 spiro atoms. The van der Waals surface area contributed by atoms with Crippen molar-refractivity contribution < 1.29 is 22.0 Å². The first-order chi connectivity index (χ1) is 9.12. The molecule has 4 nitrogen and oxygen atoms in total. The summed E-state index contributed by atoms with van der Waals surface area (Å²) in [6.07, 6.45) is -1.90. The Balaban J connectivity index is 3.16. The van der Waals surface area contributed by atoms with E-state index in [9.17, 15) is 22.0 Å². The lowest BCUT2D eigenvalue weighted by atomic mass is 10.2. The Labute approximate surface area is 121 Å². The first-order valence-corrected chi connectivity index (χ1v) is 8.00. The van der Waals surface area contributed by atoms with Gasteiger partial charge in [-0.2, -0.15) is 0 Å². The molecule has 1 atom stereocenters. The third-order valence-electron chi connectivity index (χ3n) is 2.70. The van der Waals surface area contributed by atoms with Gasteiger partial charge in [0.15, 0.2) is 9.84 Å². The molecule has 0 aliphatic heterocycles. The van der Waals surface area contributed by atoms with Crippen molar-refractivity contribution in [2.24, 2.45) is 0 Å². The van der Waals surface area contributed by atoms with Crippen LogP contribution in [0.25, 0.3) is 0 Å². The van der Waals surface area contributed by atoms with Crippen LogP contribution in [0.3, 0.4) is 0 Å². The summed E-state index contributed by atoms with van der Waals surface area (Å²) >= 11 is 5.76. The summed E-state index contributed by atoms with van der Waals surface area (Å²) in [5.41, 5.74) is 0.137. The lowest BCUT2D eigenvalue weighted by Crippen LogP contribution is -2.43. The van der Waals surface area contributed by atoms with E-state index in [0.717, 1.165) is 11.2 Å².